The van der Waals surface area contributed by atoms with Crippen molar-refractivity contribution in [3.05, 3.63) is 63.3 Å². The predicted octanol–water partition coefficient (Wildman–Crippen LogP) is 4.38. The van der Waals surface area contributed by atoms with Gasteiger partial charge in [-0.1, -0.05) is 45.7 Å². The molecule has 0 saturated carbocycles. The summed E-state index contributed by atoms with van der Waals surface area (Å²) in [6, 6.07) is 12.2. The summed E-state index contributed by atoms with van der Waals surface area (Å²) in [7, 11) is 0. The van der Waals surface area contributed by atoms with Crippen molar-refractivity contribution < 1.29 is 18.7 Å². The summed E-state index contributed by atoms with van der Waals surface area (Å²) in [6.07, 6.45) is -0.458. The molecule has 2 amide bonds. The van der Waals surface area contributed by atoms with E-state index in [1.54, 1.807) is 6.07 Å². The first-order valence-electron chi connectivity index (χ1n) is 10.1. The predicted molar refractivity (Wildman–Crippen MR) is 124 cm³/mol. The maximum absolute atomic E-state index is 14.9. The summed E-state index contributed by atoms with van der Waals surface area (Å²) in [5.41, 5.74) is 6.71. The quantitative estimate of drug-likeness (QED) is 0.519. The van der Waals surface area contributed by atoms with Gasteiger partial charge in [-0.3, -0.25) is 10.1 Å². The molecule has 5 rings (SSSR count). The summed E-state index contributed by atoms with van der Waals surface area (Å²) in [5, 5.41) is 6.89. The normalized spacial score (nSPS) is 19.4. The highest BCUT2D eigenvalue weighted by Crippen LogP contribution is 2.45. The molecule has 0 unspecified atom stereocenters. The number of rotatable bonds is 3. The van der Waals surface area contributed by atoms with Gasteiger partial charge in [-0.25, -0.2) is 13.9 Å². The summed E-state index contributed by atoms with van der Waals surface area (Å²) in [4.78, 5) is 26.7. The van der Waals surface area contributed by atoms with Crippen LogP contribution in [0.4, 0.5) is 20.7 Å². The molecule has 8 nitrogen and oxygen atoms in total. The Balaban J connectivity index is 1.39. The molecule has 1 fully saturated rings. The third-order valence-electron chi connectivity index (χ3n) is 5.91. The van der Waals surface area contributed by atoms with E-state index in [1.807, 2.05) is 24.3 Å². The molecular formula is C22H18BrClFN5O3. The maximum Gasteiger partial charge on any atom is 0.412 e. The number of nitrogens with zero attached hydrogens (tertiary/aromatic N) is 3. The van der Waals surface area contributed by atoms with E-state index < -0.39 is 17.5 Å². The number of ether oxygens (including phenoxy) is 1. The minimum Gasteiger partial charge on any atom is -0.436 e. The Hall–Kier alpha value is -3.11. The van der Waals surface area contributed by atoms with E-state index in [2.05, 4.69) is 26.3 Å². The van der Waals surface area contributed by atoms with Gasteiger partial charge in [0.25, 0.3) is 0 Å². The zero-order chi connectivity index (χ0) is 23.3. The molecule has 3 aromatic rings. The summed E-state index contributed by atoms with van der Waals surface area (Å²) >= 11 is 9.47. The van der Waals surface area contributed by atoms with Gasteiger partial charge in [0.1, 0.15) is 12.4 Å². The molecular weight excluding hydrogens is 517 g/mol. The molecule has 1 aromatic heterocycles. The van der Waals surface area contributed by atoms with Gasteiger partial charge in [0.2, 0.25) is 5.91 Å². The third kappa shape index (κ3) is 3.72. The molecule has 2 aromatic carbocycles. The van der Waals surface area contributed by atoms with Crippen molar-refractivity contribution in [1.29, 1.82) is 0 Å². The van der Waals surface area contributed by atoms with Gasteiger partial charge >= 0.3 is 6.09 Å². The molecule has 11 heteroatoms. The highest BCUT2D eigenvalue weighted by Gasteiger charge is 2.50. The van der Waals surface area contributed by atoms with Crippen LogP contribution in [0.2, 0.25) is 5.02 Å². The van der Waals surface area contributed by atoms with Crippen molar-refractivity contribution in [2.24, 2.45) is 0 Å². The Kier molecular flexibility index (Phi) is 5.29. The van der Waals surface area contributed by atoms with Gasteiger partial charge in [0.15, 0.2) is 11.4 Å². The van der Waals surface area contributed by atoms with E-state index in [0.29, 0.717) is 11.5 Å². The molecule has 1 atom stereocenters. The fraction of sp³-hybridized carbons (Fsp3) is 0.227. The van der Waals surface area contributed by atoms with E-state index in [1.165, 1.54) is 21.7 Å². The fourth-order valence-corrected chi connectivity index (χ4v) is 4.98. The van der Waals surface area contributed by atoms with Crippen LogP contribution in [0.3, 0.4) is 0 Å². The van der Waals surface area contributed by atoms with Crippen LogP contribution in [-0.4, -0.2) is 39.8 Å². The fourth-order valence-electron chi connectivity index (χ4n) is 4.33. The Labute approximate surface area is 201 Å². The molecule has 170 valence electrons. The number of fused-ring (bicyclic) bond motifs is 2. The average molecular weight is 535 g/mol. The number of hydrogen-bond acceptors (Lipinski definition) is 5. The second-order valence-corrected chi connectivity index (χ2v) is 9.21. The van der Waals surface area contributed by atoms with Crippen LogP contribution < -0.4 is 11.1 Å². The number of nitrogens with one attached hydrogen (secondary N) is 1. The first-order valence-corrected chi connectivity index (χ1v) is 11.3. The van der Waals surface area contributed by atoms with Crippen LogP contribution in [0.15, 0.2) is 46.9 Å². The van der Waals surface area contributed by atoms with Gasteiger partial charge in [0.05, 0.1) is 28.5 Å². The molecule has 0 aliphatic carbocycles. The van der Waals surface area contributed by atoms with Crippen LogP contribution >= 0.6 is 27.5 Å². The van der Waals surface area contributed by atoms with E-state index in [9.17, 15) is 14.0 Å². The second kappa shape index (κ2) is 8.03. The summed E-state index contributed by atoms with van der Waals surface area (Å²) in [5.74, 6) is -0.615. The number of carbonyl (C=O) groups is 2. The topological polar surface area (TPSA) is 102 Å². The molecule has 2 aliphatic rings. The Bertz CT molecular complexity index is 1300. The third-order valence-corrected chi connectivity index (χ3v) is 6.89. The first-order chi connectivity index (χ1) is 15.8. The number of halogens is 3. The zero-order valence-electron chi connectivity index (χ0n) is 17.1. The number of likely N-dealkylation sites (tertiary alicyclic amines) is 1. The van der Waals surface area contributed by atoms with Gasteiger partial charge in [-0.15, -0.1) is 0 Å². The number of carbonyl (C=O) groups excluding carboxylic acids is 2. The lowest BCUT2D eigenvalue weighted by molar-refractivity contribution is -0.132. The molecule has 2 aliphatic heterocycles. The zero-order valence-corrected chi connectivity index (χ0v) is 19.5. The molecule has 3 heterocycles. The monoisotopic (exact) mass is 533 g/mol. The minimum atomic E-state index is -1.31. The van der Waals surface area contributed by atoms with Crippen molar-refractivity contribution in [2.75, 3.05) is 24.1 Å². The molecule has 0 radical (unpaired) electrons. The number of nitrogen functional groups attached to an aromatic ring is 1. The van der Waals surface area contributed by atoms with Crippen molar-refractivity contribution in [3.8, 4) is 11.3 Å². The minimum absolute atomic E-state index is 0.00177. The largest absolute Gasteiger partial charge is 0.436 e. The number of anilines is 2. The van der Waals surface area contributed by atoms with Gasteiger partial charge < -0.3 is 15.4 Å². The number of amides is 2. The number of hydrogen-bond donors (Lipinski definition) is 2. The van der Waals surface area contributed by atoms with E-state index in [-0.39, 0.29) is 48.2 Å². The van der Waals surface area contributed by atoms with Crippen molar-refractivity contribution >= 4 is 51.0 Å². The van der Waals surface area contributed by atoms with Crippen LogP contribution in [0.25, 0.3) is 11.3 Å². The smallest absolute Gasteiger partial charge is 0.412 e. The van der Waals surface area contributed by atoms with Crippen LogP contribution in [-0.2, 0) is 21.7 Å². The molecule has 1 spiro atoms. The highest BCUT2D eigenvalue weighted by atomic mass is 79.9. The lowest BCUT2D eigenvalue weighted by Crippen LogP contribution is -2.44. The van der Waals surface area contributed by atoms with Crippen LogP contribution in [0.5, 0.6) is 0 Å². The maximum atomic E-state index is 14.9. The lowest BCUT2D eigenvalue weighted by atomic mass is 9.89. The van der Waals surface area contributed by atoms with Crippen molar-refractivity contribution in [3.63, 3.8) is 0 Å². The van der Waals surface area contributed by atoms with Gasteiger partial charge in [-0.05, 0) is 18.2 Å². The molecule has 0 bridgehead atoms. The number of nitrogens with two attached hydrogens (primary N) is 1. The van der Waals surface area contributed by atoms with E-state index in [4.69, 9.17) is 22.1 Å². The van der Waals surface area contributed by atoms with Crippen LogP contribution in [0.1, 0.15) is 12.0 Å². The van der Waals surface area contributed by atoms with Gasteiger partial charge in [-0.2, -0.15) is 5.10 Å². The van der Waals surface area contributed by atoms with Crippen molar-refractivity contribution in [1.82, 2.24) is 14.7 Å². The highest BCUT2D eigenvalue weighted by molar-refractivity contribution is 9.10. The van der Waals surface area contributed by atoms with Crippen LogP contribution in [0, 0.1) is 5.82 Å². The SMILES string of the molecule is Nc1cc(-c2ccccc2Br)nn1CC(=O)N1CC[C@@]2(C1)OC(=O)Nc1ccc(Cl)c(F)c12. The molecule has 3 N–H and O–H groups in total. The Morgan fingerprint density at radius 3 is 2.91 bits per heavy atom. The molecule has 1 saturated heterocycles. The lowest BCUT2D eigenvalue weighted by Gasteiger charge is -2.35. The standard InChI is InChI=1S/C22H18BrClFN5O3/c23-13-4-2-1-3-12(13)16-9-17(26)30(28-16)10-18(31)29-8-7-22(11-29)19-15(27-21(32)33-22)6-5-14(24)20(19)25/h1-6,9H,7-8,10-11,26H2,(H,27,32)/t22-/m0/s1. The van der Waals surface area contributed by atoms with Crippen molar-refractivity contribution in [2.45, 2.75) is 18.6 Å². The Morgan fingerprint density at radius 1 is 1.33 bits per heavy atom. The van der Waals surface area contributed by atoms with E-state index in [0.717, 1.165) is 10.0 Å². The Morgan fingerprint density at radius 2 is 2.12 bits per heavy atom. The average Bonchev–Trinajstić information content (AvgIpc) is 3.35. The summed E-state index contributed by atoms with van der Waals surface area (Å²) < 4.78 is 22.7. The first kappa shape index (κ1) is 21.7. The number of aromatic nitrogens is 2. The molecule has 33 heavy (non-hydrogen) atoms. The van der Waals surface area contributed by atoms with Gasteiger partial charge in [0, 0.05) is 29.1 Å². The number of benzene rings is 2. The van der Waals surface area contributed by atoms with E-state index >= 15 is 0 Å². The summed E-state index contributed by atoms with van der Waals surface area (Å²) in [6.45, 7) is 0.168. The second-order valence-electron chi connectivity index (χ2n) is 7.95.